The Labute approximate surface area is 77.9 Å². The molecule has 0 saturated carbocycles. The summed E-state index contributed by atoms with van der Waals surface area (Å²) in [5, 5.41) is 8.55. The lowest BCUT2D eigenvalue weighted by Gasteiger charge is -2.08. The van der Waals surface area contributed by atoms with Crippen LogP contribution in [0.2, 0.25) is 0 Å². The lowest BCUT2D eigenvalue weighted by Crippen LogP contribution is -2.09. The maximum atomic E-state index is 12.9. The van der Waals surface area contributed by atoms with Gasteiger partial charge in [-0.15, -0.1) is 0 Å². The van der Waals surface area contributed by atoms with Crippen molar-refractivity contribution in [2.24, 2.45) is 0 Å². The topological polar surface area (TPSA) is 72.5 Å². The van der Waals surface area contributed by atoms with Gasteiger partial charge in [-0.2, -0.15) is 0 Å². The largest absolute Gasteiger partial charge is 0.494 e. The van der Waals surface area contributed by atoms with Gasteiger partial charge in [-0.25, -0.2) is 13.6 Å². The zero-order valence-electron chi connectivity index (χ0n) is 7.17. The van der Waals surface area contributed by atoms with Crippen molar-refractivity contribution < 1.29 is 23.4 Å². The molecule has 0 atom stereocenters. The van der Waals surface area contributed by atoms with Gasteiger partial charge >= 0.3 is 5.97 Å². The van der Waals surface area contributed by atoms with Crippen molar-refractivity contribution >= 4 is 11.7 Å². The highest BCUT2D eigenvalue weighted by Gasteiger charge is 2.22. The first-order valence-corrected chi connectivity index (χ1v) is 3.53. The smallest absolute Gasteiger partial charge is 0.341 e. The third-order valence-corrected chi connectivity index (χ3v) is 1.66. The minimum Gasteiger partial charge on any atom is -0.494 e. The van der Waals surface area contributed by atoms with Gasteiger partial charge < -0.3 is 15.6 Å². The second kappa shape index (κ2) is 3.49. The summed E-state index contributed by atoms with van der Waals surface area (Å²) in [6.07, 6.45) is 0. The zero-order valence-corrected chi connectivity index (χ0v) is 7.17. The summed E-state index contributed by atoms with van der Waals surface area (Å²) >= 11 is 0. The van der Waals surface area contributed by atoms with Gasteiger partial charge in [0.2, 0.25) is 0 Å². The number of methoxy groups -OCH3 is 1. The van der Waals surface area contributed by atoms with Gasteiger partial charge in [0, 0.05) is 6.07 Å². The molecule has 1 rings (SSSR count). The number of carbonyl (C=O) groups is 1. The lowest BCUT2D eigenvalue weighted by atomic mass is 10.1. The number of hydrogen-bond acceptors (Lipinski definition) is 3. The van der Waals surface area contributed by atoms with Gasteiger partial charge in [0.1, 0.15) is 11.3 Å². The van der Waals surface area contributed by atoms with Crippen LogP contribution in [0.4, 0.5) is 14.5 Å². The Kier molecular flexibility index (Phi) is 2.55. The number of carboxylic acid groups (broad SMARTS) is 1. The summed E-state index contributed by atoms with van der Waals surface area (Å²) in [4.78, 5) is 10.5. The van der Waals surface area contributed by atoms with Crippen molar-refractivity contribution in [3.05, 3.63) is 23.3 Å². The Hall–Kier alpha value is -1.85. The molecule has 0 amide bonds. The van der Waals surface area contributed by atoms with Crippen molar-refractivity contribution in [3.63, 3.8) is 0 Å². The van der Waals surface area contributed by atoms with E-state index in [1.807, 2.05) is 0 Å². The van der Waals surface area contributed by atoms with E-state index in [1.54, 1.807) is 0 Å². The number of aromatic carboxylic acids is 1. The van der Waals surface area contributed by atoms with Gasteiger partial charge in [-0.3, -0.25) is 0 Å². The van der Waals surface area contributed by atoms with Crippen LogP contribution < -0.4 is 10.5 Å². The predicted molar refractivity (Wildman–Crippen MR) is 44.3 cm³/mol. The Morgan fingerprint density at radius 2 is 2.14 bits per heavy atom. The molecule has 1 aromatic rings. The van der Waals surface area contributed by atoms with Gasteiger partial charge in [0.25, 0.3) is 0 Å². The van der Waals surface area contributed by atoms with Crippen LogP contribution in [0.3, 0.4) is 0 Å². The Morgan fingerprint density at radius 1 is 1.57 bits per heavy atom. The third kappa shape index (κ3) is 1.46. The number of carboxylic acids is 1. The molecule has 0 saturated heterocycles. The molecule has 0 aliphatic heterocycles. The molecule has 0 unspecified atom stereocenters. The van der Waals surface area contributed by atoms with E-state index in [9.17, 15) is 13.6 Å². The van der Waals surface area contributed by atoms with Crippen LogP contribution in [-0.2, 0) is 0 Å². The number of anilines is 1. The Bertz CT molecular complexity index is 393. The van der Waals surface area contributed by atoms with Crippen molar-refractivity contribution in [2.45, 2.75) is 0 Å². The maximum Gasteiger partial charge on any atom is 0.341 e. The van der Waals surface area contributed by atoms with Crippen LogP contribution in [0.5, 0.6) is 5.75 Å². The number of benzene rings is 1. The normalized spacial score (nSPS) is 9.93. The summed E-state index contributed by atoms with van der Waals surface area (Å²) in [6.45, 7) is 0. The number of nitrogens with two attached hydrogens (primary N) is 1. The molecule has 0 spiro atoms. The maximum absolute atomic E-state index is 12.9. The molecule has 1 aromatic carbocycles. The quantitative estimate of drug-likeness (QED) is 0.709. The molecular weight excluding hydrogens is 196 g/mol. The zero-order chi connectivity index (χ0) is 10.9. The van der Waals surface area contributed by atoms with Crippen molar-refractivity contribution in [1.82, 2.24) is 0 Å². The average Bonchev–Trinajstić information content (AvgIpc) is 2.11. The van der Waals surface area contributed by atoms with Crippen molar-refractivity contribution in [2.75, 3.05) is 12.8 Å². The fraction of sp³-hybridized carbons (Fsp3) is 0.125. The van der Waals surface area contributed by atoms with E-state index in [0.29, 0.717) is 6.07 Å². The number of ether oxygens (including phenoxy) is 1. The molecule has 0 aromatic heterocycles. The first kappa shape index (κ1) is 10.2. The van der Waals surface area contributed by atoms with E-state index < -0.39 is 28.9 Å². The highest BCUT2D eigenvalue weighted by Crippen LogP contribution is 2.29. The standard InChI is InChI=1S/C8H7F2NO3/c1-14-4-2-3(9)6(10)5(7(4)11)8(12)13/h2H,11H2,1H3,(H,12,13). The number of halogens is 2. The van der Waals surface area contributed by atoms with Crippen LogP contribution in [-0.4, -0.2) is 18.2 Å². The monoisotopic (exact) mass is 203 g/mol. The number of rotatable bonds is 2. The van der Waals surface area contributed by atoms with Gasteiger partial charge in [-0.05, 0) is 0 Å². The van der Waals surface area contributed by atoms with Crippen LogP contribution in [0.1, 0.15) is 10.4 Å². The highest BCUT2D eigenvalue weighted by molar-refractivity contribution is 5.95. The third-order valence-electron chi connectivity index (χ3n) is 1.66. The van der Waals surface area contributed by atoms with Crippen LogP contribution in [0.25, 0.3) is 0 Å². The molecule has 6 heteroatoms. The first-order valence-electron chi connectivity index (χ1n) is 3.53. The number of hydrogen-bond donors (Lipinski definition) is 2. The summed E-state index contributed by atoms with van der Waals surface area (Å²) < 4.78 is 30.3. The first-order chi connectivity index (χ1) is 6.49. The molecule has 0 aliphatic rings. The molecule has 3 N–H and O–H groups in total. The lowest BCUT2D eigenvalue weighted by molar-refractivity contribution is 0.0691. The van der Waals surface area contributed by atoms with Crippen LogP contribution >= 0.6 is 0 Å². The molecule has 14 heavy (non-hydrogen) atoms. The molecule has 0 heterocycles. The average molecular weight is 203 g/mol. The van der Waals surface area contributed by atoms with Crippen LogP contribution in [0, 0.1) is 11.6 Å². The van der Waals surface area contributed by atoms with E-state index in [0.717, 1.165) is 0 Å². The highest BCUT2D eigenvalue weighted by atomic mass is 19.2. The van der Waals surface area contributed by atoms with Crippen LogP contribution in [0.15, 0.2) is 6.07 Å². The summed E-state index contributed by atoms with van der Waals surface area (Å²) in [6, 6.07) is 0.692. The molecule has 0 bridgehead atoms. The Balaban J connectivity index is 3.53. The summed E-state index contributed by atoms with van der Waals surface area (Å²) in [5.74, 6) is -4.65. The van der Waals surface area contributed by atoms with Gasteiger partial charge in [-0.1, -0.05) is 0 Å². The summed E-state index contributed by atoms with van der Waals surface area (Å²) in [7, 11) is 1.18. The van der Waals surface area contributed by atoms with Crippen molar-refractivity contribution in [3.8, 4) is 5.75 Å². The second-order valence-electron chi connectivity index (χ2n) is 2.47. The number of nitrogen functional groups attached to an aromatic ring is 1. The summed E-state index contributed by atoms with van der Waals surface area (Å²) in [5.41, 5.74) is 3.91. The minimum atomic E-state index is -1.64. The van der Waals surface area contributed by atoms with E-state index in [1.165, 1.54) is 7.11 Å². The predicted octanol–water partition coefficient (Wildman–Crippen LogP) is 1.25. The van der Waals surface area contributed by atoms with Gasteiger partial charge in [0.15, 0.2) is 11.6 Å². The second-order valence-corrected chi connectivity index (χ2v) is 2.47. The molecular formula is C8H7F2NO3. The van der Waals surface area contributed by atoms with Gasteiger partial charge in [0.05, 0.1) is 12.8 Å². The SMILES string of the molecule is COc1cc(F)c(F)c(C(=O)O)c1N. The van der Waals surface area contributed by atoms with E-state index in [4.69, 9.17) is 10.8 Å². The Morgan fingerprint density at radius 3 is 2.57 bits per heavy atom. The molecule has 0 aliphatic carbocycles. The minimum absolute atomic E-state index is 0.207. The molecule has 76 valence electrons. The molecule has 0 radical (unpaired) electrons. The molecule has 0 fully saturated rings. The molecule has 4 nitrogen and oxygen atoms in total. The van der Waals surface area contributed by atoms with E-state index in [2.05, 4.69) is 4.74 Å². The fourth-order valence-electron chi connectivity index (χ4n) is 0.995. The van der Waals surface area contributed by atoms with E-state index >= 15 is 0 Å². The van der Waals surface area contributed by atoms with E-state index in [-0.39, 0.29) is 5.75 Å². The fourth-order valence-corrected chi connectivity index (χ4v) is 0.995. The van der Waals surface area contributed by atoms with Crippen molar-refractivity contribution in [1.29, 1.82) is 0 Å².